The largest absolute Gasteiger partial charge is 0.481 e. The summed E-state index contributed by atoms with van der Waals surface area (Å²) >= 11 is 5.75. The number of carbonyl (C=O) groups is 2. The summed E-state index contributed by atoms with van der Waals surface area (Å²) in [4.78, 5) is 22.6. The molecule has 21 heavy (non-hydrogen) atoms. The van der Waals surface area contributed by atoms with E-state index in [-0.39, 0.29) is 12.2 Å². The van der Waals surface area contributed by atoms with Crippen LogP contribution < -0.4 is 5.32 Å². The van der Waals surface area contributed by atoms with Gasteiger partial charge in [0.1, 0.15) is 5.75 Å². The van der Waals surface area contributed by atoms with Crippen LogP contribution in [0.4, 0.5) is 0 Å². The van der Waals surface area contributed by atoms with E-state index in [0.717, 1.165) is 0 Å². The molecule has 0 unspecified atom stereocenters. The smallest absolute Gasteiger partial charge is 0.305 e. The summed E-state index contributed by atoms with van der Waals surface area (Å²) in [5.74, 6) is -2.63. The van der Waals surface area contributed by atoms with Crippen LogP contribution in [0.3, 0.4) is 0 Å². The zero-order chi connectivity index (χ0) is 16.0. The maximum atomic E-state index is 11.7. The highest BCUT2D eigenvalue weighted by Crippen LogP contribution is 2.19. The normalized spacial score (nSPS) is 12.7. The summed E-state index contributed by atoms with van der Waals surface area (Å²) < 4.78 is 22.8. The van der Waals surface area contributed by atoms with Crippen LogP contribution in [-0.2, 0) is 19.4 Å². The Kier molecular flexibility index (Phi) is 6.17. The summed E-state index contributed by atoms with van der Waals surface area (Å²) in [6, 6.07) is 5.51. The van der Waals surface area contributed by atoms with Crippen molar-refractivity contribution in [2.75, 3.05) is 11.5 Å². The van der Waals surface area contributed by atoms with Gasteiger partial charge in [-0.05, 0) is 17.7 Å². The van der Waals surface area contributed by atoms with Gasteiger partial charge in [-0.3, -0.25) is 9.59 Å². The molecule has 1 amide bonds. The van der Waals surface area contributed by atoms with Gasteiger partial charge in [-0.15, -0.1) is 0 Å². The van der Waals surface area contributed by atoms with Gasteiger partial charge in [-0.1, -0.05) is 30.7 Å². The number of halogens is 1. The first-order valence-electron chi connectivity index (χ1n) is 6.20. The molecule has 8 heteroatoms. The molecule has 0 aliphatic rings. The molecule has 1 rings (SSSR count). The zero-order valence-electron chi connectivity index (χ0n) is 11.4. The zero-order valence-corrected chi connectivity index (χ0v) is 12.9. The minimum atomic E-state index is -3.46. The second-order valence-corrected chi connectivity index (χ2v) is 7.24. The van der Waals surface area contributed by atoms with Gasteiger partial charge in [0.2, 0.25) is 5.91 Å². The molecule has 0 aromatic heterocycles. The SMILES string of the molecule is CCS(=O)(=O)CC(=O)N[C@@H](CC(=O)O)c1ccc(Cl)cc1. The molecule has 2 N–H and O–H groups in total. The van der Waals surface area contributed by atoms with Gasteiger partial charge < -0.3 is 10.4 Å². The lowest BCUT2D eigenvalue weighted by molar-refractivity contribution is -0.137. The minimum Gasteiger partial charge on any atom is -0.481 e. The highest BCUT2D eigenvalue weighted by Gasteiger charge is 2.21. The highest BCUT2D eigenvalue weighted by atomic mass is 35.5. The first-order valence-corrected chi connectivity index (χ1v) is 8.40. The van der Waals surface area contributed by atoms with E-state index in [2.05, 4.69) is 5.32 Å². The lowest BCUT2D eigenvalue weighted by Gasteiger charge is -2.17. The molecule has 0 radical (unpaired) electrons. The molecule has 1 aromatic carbocycles. The number of amides is 1. The minimum absolute atomic E-state index is 0.148. The van der Waals surface area contributed by atoms with Gasteiger partial charge >= 0.3 is 5.97 Å². The third-order valence-corrected chi connectivity index (χ3v) is 4.61. The number of hydrogen-bond acceptors (Lipinski definition) is 4. The molecule has 116 valence electrons. The van der Waals surface area contributed by atoms with E-state index in [4.69, 9.17) is 16.7 Å². The first-order chi connectivity index (χ1) is 9.73. The third kappa shape index (κ3) is 6.14. The van der Waals surface area contributed by atoms with Crippen molar-refractivity contribution in [3.63, 3.8) is 0 Å². The summed E-state index contributed by atoms with van der Waals surface area (Å²) in [6.45, 7) is 1.44. The molecule has 6 nitrogen and oxygen atoms in total. The van der Waals surface area contributed by atoms with E-state index >= 15 is 0 Å². The highest BCUT2D eigenvalue weighted by molar-refractivity contribution is 7.92. The number of carboxylic acid groups (broad SMARTS) is 1. The predicted molar refractivity (Wildman–Crippen MR) is 78.9 cm³/mol. The fourth-order valence-corrected chi connectivity index (χ4v) is 2.47. The molecule has 1 aromatic rings. The molecule has 0 fully saturated rings. The van der Waals surface area contributed by atoms with Crippen LogP contribution in [0.1, 0.15) is 24.9 Å². The van der Waals surface area contributed by atoms with E-state index in [0.29, 0.717) is 10.6 Å². The molecule has 0 bridgehead atoms. The molecule has 0 spiro atoms. The monoisotopic (exact) mass is 333 g/mol. The Bertz CT molecular complexity index is 612. The van der Waals surface area contributed by atoms with Crippen LogP contribution in [0.15, 0.2) is 24.3 Å². The Morgan fingerprint density at radius 1 is 1.29 bits per heavy atom. The van der Waals surface area contributed by atoms with Crippen molar-refractivity contribution in [3.05, 3.63) is 34.9 Å². The van der Waals surface area contributed by atoms with Crippen molar-refractivity contribution >= 4 is 33.3 Å². The molecule has 0 saturated carbocycles. The number of sulfone groups is 1. The third-order valence-electron chi connectivity index (χ3n) is 2.78. The Labute approximate surface area is 128 Å². The van der Waals surface area contributed by atoms with Gasteiger partial charge in [0.25, 0.3) is 0 Å². The number of aliphatic carboxylic acids is 1. The fraction of sp³-hybridized carbons (Fsp3) is 0.385. The Hall–Kier alpha value is -1.60. The van der Waals surface area contributed by atoms with Crippen molar-refractivity contribution in [1.29, 1.82) is 0 Å². The summed E-state index contributed by atoms with van der Waals surface area (Å²) in [6.07, 6.45) is -0.348. The van der Waals surface area contributed by atoms with Crippen molar-refractivity contribution in [2.45, 2.75) is 19.4 Å². The Morgan fingerprint density at radius 2 is 1.86 bits per heavy atom. The van der Waals surface area contributed by atoms with Crippen LogP contribution in [0.2, 0.25) is 5.02 Å². The molecular formula is C13H16ClNO5S. The standard InChI is InChI=1S/C13H16ClNO5S/c1-2-21(19,20)8-12(16)15-11(7-13(17)18)9-3-5-10(14)6-4-9/h3-6,11H,2,7-8H2,1H3,(H,15,16)(H,17,18)/t11-/m0/s1. The molecule has 0 aliphatic carbocycles. The molecule has 0 saturated heterocycles. The van der Waals surface area contributed by atoms with Gasteiger partial charge in [-0.25, -0.2) is 8.42 Å². The lowest BCUT2D eigenvalue weighted by Crippen LogP contribution is -2.35. The number of rotatable bonds is 7. The van der Waals surface area contributed by atoms with Gasteiger partial charge in [0, 0.05) is 10.8 Å². The number of carboxylic acids is 1. The number of nitrogens with one attached hydrogen (secondary N) is 1. The summed E-state index contributed by atoms with van der Waals surface area (Å²) in [5.41, 5.74) is 0.545. The number of carbonyl (C=O) groups excluding carboxylic acids is 1. The van der Waals surface area contributed by atoms with E-state index in [9.17, 15) is 18.0 Å². The van der Waals surface area contributed by atoms with Crippen LogP contribution in [0.25, 0.3) is 0 Å². The van der Waals surface area contributed by atoms with Crippen molar-refractivity contribution in [2.24, 2.45) is 0 Å². The Balaban J connectivity index is 2.86. The van der Waals surface area contributed by atoms with E-state index in [1.165, 1.54) is 6.92 Å². The first kappa shape index (κ1) is 17.5. The van der Waals surface area contributed by atoms with Crippen molar-refractivity contribution in [3.8, 4) is 0 Å². The van der Waals surface area contributed by atoms with Crippen molar-refractivity contribution in [1.82, 2.24) is 5.32 Å². The fourth-order valence-electron chi connectivity index (χ4n) is 1.66. The van der Waals surface area contributed by atoms with Crippen LogP contribution >= 0.6 is 11.6 Å². The number of hydrogen-bond donors (Lipinski definition) is 2. The van der Waals surface area contributed by atoms with Gasteiger partial charge in [0.15, 0.2) is 9.84 Å². The predicted octanol–water partition coefficient (Wildman–Crippen LogP) is 1.41. The maximum absolute atomic E-state index is 11.7. The molecule has 0 heterocycles. The van der Waals surface area contributed by atoms with E-state index in [1.54, 1.807) is 24.3 Å². The van der Waals surface area contributed by atoms with Crippen LogP contribution in [0, 0.1) is 0 Å². The second-order valence-electron chi connectivity index (χ2n) is 4.45. The average molecular weight is 334 g/mol. The molecular weight excluding hydrogens is 318 g/mol. The van der Waals surface area contributed by atoms with Gasteiger partial charge in [0.05, 0.1) is 12.5 Å². The molecule has 0 aliphatic heterocycles. The van der Waals surface area contributed by atoms with E-state index < -0.39 is 33.5 Å². The second kappa shape index (κ2) is 7.42. The summed E-state index contributed by atoms with van der Waals surface area (Å²) in [5, 5.41) is 11.8. The van der Waals surface area contributed by atoms with Gasteiger partial charge in [-0.2, -0.15) is 0 Å². The maximum Gasteiger partial charge on any atom is 0.305 e. The summed E-state index contributed by atoms with van der Waals surface area (Å²) in [7, 11) is -3.46. The Morgan fingerprint density at radius 3 is 2.33 bits per heavy atom. The van der Waals surface area contributed by atoms with Crippen LogP contribution in [0.5, 0.6) is 0 Å². The lowest BCUT2D eigenvalue weighted by atomic mass is 10.0. The topological polar surface area (TPSA) is 101 Å². The average Bonchev–Trinajstić information content (AvgIpc) is 2.37. The van der Waals surface area contributed by atoms with Crippen molar-refractivity contribution < 1.29 is 23.1 Å². The molecule has 1 atom stereocenters. The quantitative estimate of drug-likeness (QED) is 0.785. The number of benzene rings is 1. The van der Waals surface area contributed by atoms with E-state index in [1.807, 2.05) is 0 Å². The van der Waals surface area contributed by atoms with Crippen LogP contribution in [-0.4, -0.2) is 36.9 Å².